The van der Waals surface area contributed by atoms with Crippen molar-refractivity contribution in [1.82, 2.24) is 9.80 Å². The van der Waals surface area contributed by atoms with E-state index < -0.39 is 0 Å². The Morgan fingerprint density at radius 1 is 1.08 bits per heavy atom. The highest BCUT2D eigenvalue weighted by atomic mass is 16.5. The molecule has 2 saturated heterocycles. The number of rotatable bonds is 4. The molecule has 1 aromatic carbocycles. The third kappa shape index (κ3) is 2.99. The molecule has 0 spiro atoms. The number of ether oxygens (including phenoxy) is 3. The van der Waals surface area contributed by atoms with Gasteiger partial charge in [0.1, 0.15) is 5.75 Å². The van der Waals surface area contributed by atoms with Gasteiger partial charge in [0.15, 0.2) is 11.5 Å². The number of hydrogen-bond acceptors (Lipinski definition) is 5. The largest absolute Gasteiger partial charge is 0.496 e. The van der Waals surface area contributed by atoms with Crippen molar-refractivity contribution in [1.29, 1.82) is 0 Å². The Labute approximate surface area is 147 Å². The lowest BCUT2D eigenvalue weighted by Gasteiger charge is -2.37. The third-order valence-electron chi connectivity index (χ3n) is 5.27. The van der Waals surface area contributed by atoms with E-state index in [4.69, 9.17) is 14.2 Å². The summed E-state index contributed by atoms with van der Waals surface area (Å²) in [6.07, 6.45) is 1.42. The van der Waals surface area contributed by atoms with E-state index in [0.717, 1.165) is 6.42 Å². The second-order valence-electron chi connectivity index (χ2n) is 6.48. The van der Waals surface area contributed by atoms with Crippen LogP contribution in [0, 0.1) is 5.92 Å². The molecule has 2 heterocycles. The van der Waals surface area contributed by atoms with E-state index in [0.29, 0.717) is 48.2 Å². The van der Waals surface area contributed by atoms with Gasteiger partial charge in [0.05, 0.1) is 32.9 Å². The molecule has 0 saturated carbocycles. The fourth-order valence-corrected chi connectivity index (χ4v) is 3.76. The van der Waals surface area contributed by atoms with Crippen LogP contribution in [0.25, 0.3) is 0 Å². The zero-order valence-electron chi connectivity index (χ0n) is 15.1. The minimum absolute atomic E-state index is 0.0938. The number of nitrogens with zero attached hydrogens (tertiary/aromatic N) is 2. The van der Waals surface area contributed by atoms with Gasteiger partial charge < -0.3 is 24.0 Å². The molecule has 0 bridgehead atoms. The minimum Gasteiger partial charge on any atom is -0.496 e. The summed E-state index contributed by atoms with van der Waals surface area (Å²) in [6.45, 7) is 1.18. The van der Waals surface area contributed by atoms with Gasteiger partial charge in [0.25, 0.3) is 5.91 Å². The van der Waals surface area contributed by atoms with Crippen LogP contribution in [0.1, 0.15) is 23.2 Å². The minimum atomic E-state index is -0.121. The van der Waals surface area contributed by atoms with Crippen molar-refractivity contribution in [2.75, 3.05) is 41.5 Å². The van der Waals surface area contributed by atoms with Crippen molar-refractivity contribution in [3.63, 3.8) is 0 Å². The second kappa shape index (κ2) is 6.82. The quantitative estimate of drug-likeness (QED) is 0.823. The fourth-order valence-electron chi connectivity index (χ4n) is 3.76. The summed E-state index contributed by atoms with van der Waals surface area (Å²) in [5.41, 5.74) is 0.436. The van der Waals surface area contributed by atoms with Gasteiger partial charge >= 0.3 is 0 Å². The molecule has 7 heteroatoms. The summed E-state index contributed by atoms with van der Waals surface area (Å²) in [6, 6.07) is 3.40. The highest BCUT2D eigenvalue weighted by molar-refractivity contribution is 5.98. The maximum absolute atomic E-state index is 13.1. The van der Waals surface area contributed by atoms with Crippen LogP contribution in [0.3, 0.4) is 0 Å². The van der Waals surface area contributed by atoms with Crippen molar-refractivity contribution >= 4 is 11.8 Å². The van der Waals surface area contributed by atoms with Gasteiger partial charge in [-0.25, -0.2) is 0 Å². The number of carbonyl (C=O) groups is 2. The van der Waals surface area contributed by atoms with E-state index in [9.17, 15) is 9.59 Å². The first-order valence-electron chi connectivity index (χ1n) is 8.35. The Morgan fingerprint density at radius 3 is 2.36 bits per heavy atom. The van der Waals surface area contributed by atoms with E-state index >= 15 is 0 Å². The van der Waals surface area contributed by atoms with E-state index in [1.807, 2.05) is 7.05 Å². The van der Waals surface area contributed by atoms with Gasteiger partial charge in [-0.3, -0.25) is 9.59 Å². The van der Waals surface area contributed by atoms with Crippen molar-refractivity contribution in [3.05, 3.63) is 17.7 Å². The van der Waals surface area contributed by atoms with Crippen LogP contribution in [-0.4, -0.2) is 69.1 Å². The first kappa shape index (κ1) is 17.4. The molecule has 2 atom stereocenters. The SMILES string of the molecule is COc1cc(OC)c(C(=O)N2CC[C@@H]3CC(=O)N(C)[C@@H]3C2)cc1OC. The molecule has 7 nitrogen and oxygen atoms in total. The summed E-state index contributed by atoms with van der Waals surface area (Å²) < 4.78 is 16.0. The second-order valence-corrected chi connectivity index (χ2v) is 6.48. The third-order valence-corrected chi connectivity index (χ3v) is 5.27. The number of fused-ring (bicyclic) bond motifs is 1. The molecule has 3 rings (SSSR count). The number of piperidine rings is 1. The normalized spacial score (nSPS) is 22.6. The van der Waals surface area contributed by atoms with Gasteiger partial charge in [-0.2, -0.15) is 0 Å². The topological polar surface area (TPSA) is 68.3 Å². The van der Waals surface area contributed by atoms with Crippen molar-refractivity contribution < 1.29 is 23.8 Å². The molecule has 0 aliphatic carbocycles. The van der Waals surface area contributed by atoms with E-state index in [-0.39, 0.29) is 17.9 Å². The Kier molecular flexibility index (Phi) is 4.74. The molecule has 2 aliphatic rings. The Hall–Kier alpha value is -2.44. The van der Waals surface area contributed by atoms with Crippen LogP contribution >= 0.6 is 0 Å². The standard InChI is InChI=1S/C18H24N2O5/c1-19-13-10-20(6-5-11(13)7-17(19)21)18(22)12-8-15(24-3)16(25-4)9-14(12)23-2/h8-9,11,13H,5-7,10H2,1-4H3/t11-,13-/m1/s1. The fraction of sp³-hybridized carbons (Fsp3) is 0.556. The summed E-state index contributed by atoms with van der Waals surface area (Å²) in [4.78, 5) is 28.5. The van der Waals surface area contributed by atoms with Crippen LogP contribution < -0.4 is 14.2 Å². The van der Waals surface area contributed by atoms with Gasteiger partial charge in [-0.1, -0.05) is 0 Å². The number of likely N-dealkylation sites (tertiary alicyclic amines) is 2. The zero-order chi connectivity index (χ0) is 18.1. The van der Waals surface area contributed by atoms with Gasteiger partial charge in [0.2, 0.25) is 5.91 Å². The number of likely N-dealkylation sites (N-methyl/N-ethyl adjacent to an activating group) is 1. The van der Waals surface area contributed by atoms with Crippen LogP contribution in [0.5, 0.6) is 17.2 Å². The molecular weight excluding hydrogens is 324 g/mol. The molecule has 0 unspecified atom stereocenters. The van der Waals surface area contributed by atoms with Crippen molar-refractivity contribution in [3.8, 4) is 17.2 Å². The zero-order valence-corrected chi connectivity index (χ0v) is 15.1. The predicted molar refractivity (Wildman–Crippen MR) is 91.3 cm³/mol. The monoisotopic (exact) mass is 348 g/mol. The maximum atomic E-state index is 13.1. The number of carbonyl (C=O) groups excluding carboxylic acids is 2. The average Bonchev–Trinajstić information content (AvgIpc) is 2.93. The lowest BCUT2D eigenvalue weighted by atomic mass is 9.91. The van der Waals surface area contributed by atoms with E-state index in [1.54, 1.807) is 21.9 Å². The number of amides is 2. The Balaban J connectivity index is 1.87. The molecule has 2 aliphatic heterocycles. The molecule has 0 radical (unpaired) electrons. The summed E-state index contributed by atoms with van der Waals surface area (Å²) in [5.74, 6) is 1.82. The number of hydrogen-bond donors (Lipinski definition) is 0. The van der Waals surface area contributed by atoms with Gasteiger partial charge in [-0.05, 0) is 12.3 Å². The van der Waals surface area contributed by atoms with E-state index in [1.165, 1.54) is 21.3 Å². The predicted octanol–water partition coefficient (Wildman–Crippen LogP) is 1.41. The van der Waals surface area contributed by atoms with Crippen LogP contribution in [0.4, 0.5) is 0 Å². The molecular formula is C18H24N2O5. The molecule has 2 fully saturated rings. The molecule has 25 heavy (non-hydrogen) atoms. The Morgan fingerprint density at radius 2 is 1.72 bits per heavy atom. The number of benzene rings is 1. The molecule has 1 aromatic rings. The highest BCUT2D eigenvalue weighted by Crippen LogP contribution is 2.37. The average molecular weight is 348 g/mol. The van der Waals surface area contributed by atoms with E-state index in [2.05, 4.69) is 0 Å². The van der Waals surface area contributed by atoms with Crippen molar-refractivity contribution in [2.45, 2.75) is 18.9 Å². The molecule has 136 valence electrons. The van der Waals surface area contributed by atoms with Crippen LogP contribution in [0.2, 0.25) is 0 Å². The summed E-state index contributed by atoms with van der Waals surface area (Å²) >= 11 is 0. The molecule has 0 N–H and O–H groups in total. The lowest BCUT2D eigenvalue weighted by molar-refractivity contribution is -0.127. The molecule has 0 aromatic heterocycles. The van der Waals surface area contributed by atoms with Crippen molar-refractivity contribution in [2.24, 2.45) is 5.92 Å². The first-order valence-corrected chi connectivity index (χ1v) is 8.35. The van der Waals surface area contributed by atoms with Gasteiger partial charge in [0, 0.05) is 38.7 Å². The number of methoxy groups -OCH3 is 3. The summed E-state index contributed by atoms with van der Waals surface area (Å²) in [7, 11) is 6.41. The molecule has 2 amide bonds. The van der Waals surface area contributed by atoms with Crippen LogP contribution in [-0.2, 0) is 4.79 Å². The lowest BCUT2D eigenvalue weighted by Crippen LogP contribution is -2.49. The van der Waals surface area contributed by atoms with Gasteiger partial charge in [-0.15, -0.1) is 0 Å². The maximum Gasteiger partial charge on any atom is 0.257 e. The van der Waals surface area contributed by atoms with Crippen LogP contribution in [0.15, 0.2) is 12.1 Å². The Bertz CT molecular complexity index is 690. The first-order chi connectivity index (χ1) is 12.0. The smallest absolute Gasteiger partial charge is 0.257 e. The summed E-state index contributed by atoms with van der Waals surface area (Å²) in [5, 5.41) is 0. The highest BCUT2D eigenvalue weighted by Gasteiger charge is 2.42.